The fraction of sp³-hybridized carbons (Fsp3) is 0.462. The number of aromatic hydroxyl groups is 1. The summed E-state index contributed by atoms with van der Waals surface area (Å²) in [5, 5.41) is 69.0. The molecule has 1 fully saturated rings. The zero-order chi connectivity index (χ0) is 28.3. The number of carbonyl (C=O) groups excluding carboxylic acids is 1. The number of fused-ring (bicyclic) bond motifs is 1. The van der Waals surface area contributed by atoms with E-state index in [9.17, 15) is 45.3 Å². The smallest absolute Gasteiger partial charge is 0.335 e. The Bertz CT molecular complexity index is 1130. The highest BCUT2D eigenvalue weighted by Crippen LogP contribution is 2.45. The van der Waals surface area contributed by atoms with E-state index in [1.807, 2.05) is 0 Å². The van der Waals surface area contributed by atoms with Gasteiger partial charge >= 0.3 is 5.97 Å². The largest absolute Gasteiger partial charge is 0.508 e. The van der Waals surface area contributed by atoms with Crippen LogP contribution in [0.15, 0.2) is 53.8 Å². The maximum Gasteiger partial charge on any atom is 0.335 e. The van der Waals surface area contributed by atoms with Crippen molar-refractivity contribution in [2.45, 2.75) is 43.1 Å². The van der Waals surface area contributed by atoms with E-state index in [2.05, 4.69) is 0 Å². The number of carboxylic acid groups (broad SMARTS) is 1. The zero-order valence-electron chi connectivity index (χ0n) is 20.5. The van der Waals surface area contributed by atoms with Crippen LogP contribution in [0.1, 0.15) is 5.56 Å². The highest BCUT2D eigenvalue weighted by molar-refractivity contribution is 5.94. The molecule has 0 unspecified atom stereocenters. The van der Waals surface area contributed by atoms with E-state index in [1.165, 1.54) is 30.4 Å². The number of carbonyl (C=O) groups is 2. The van der Waals surface area contributed by atoms with E-state index in [4.69, 9.17) is 18.9 Å². The molecule has 3 aliphatic rings. The molecular weight excluding hydrogens is 520 g/mol. The third-order valence-corrected chi connectivity index (χ3v) is 6.85. The van der Waals surface area contributed by atoms with Gasteiger partial charge in [-0.05, 0) is 29.3 Å². The average molecular weight is 551 g/mol. The molecule has 0 spiro atoms. The van der Waals surface area contributed by atoms with Gasteiger partial charge in [-0.1, -0.05) is 24.3 Å². The maximum atomic E-state index is 12.4. The molecule has 9 atom stereocenters. The van der Waals surface area contributed by atoms with Crippen LogP contribution in [-0.4, -0.2) is 110 Å². The molecule has 1 aromatic carbocycles. The van der Waals surface area contributed by atoms with Crippen molar-refractivity contribution in [3.05, 3.63) is 59.4 Å². The van der Waals surface area contributed by atoms with Crippen molar-refractivity contribution in [1.82, 2.24) is 0 Å². The van der Waals surface area contributed by atoms with Crippen LogP contribution < -0.4 is 0 Å². The molecule has 2 heterocycles. The lowest BCUT2D eigenvalue weighted by Crippen LogP contribution is -2.60. The molecule has 212 valence electrons. The first kappa shape index (κ1) is 28.9. The van der Waals surface area contributed by atoms with Crippen molar-refractivity contribution in [1.29, 1.82) is 0 Å². The summed E-state index contributed by atoms with van der Waals surface area (Å²) in [6, 6.07) is 6.15. The summed E-state index contributed by atoms with van der Waals surface area (Å²) in [5.41, 5.74) is 0.752. The molecule has 1 aromatic rings. The minimum absolute atomic E-state index is 0.0802. The van der Waals surface area contributed by atoms with Crippen molar-refractivity contribution in [3.8, 4) is 5.75 Å². The Morgan fingerprint density at radius 2 is 1.69 bits per heavy atom. The Balaban J connectivity index is 1.49. The molecule has 0 aromatic heterocycles. The van der Waals surface area contributed by atoms with Gasteiger partial charge in [0.1, 0.15) is 36.8 Å². The van der Waals surface area contributed by atoms with Gasteiger partial charge in [-0.2, -0.15) is 0 Å². The van der Waals surface area contributed by atoms with Gasteiger partial charge in [-0.25, -0.2) is 4.79 Å². The molecule has 0 bridgehead atoms. The summed E-state index contributed by atoms with van der Waals surface area (Å²) < 4.78 is 22.3. The van der Waals surface area contributed by atoms with Gasteiger partial charge in [0.2, 0.25) is 6.29 Å². The van der Waals surface area contributed by atoms with Gasteiger partial charge in [-0.15, -0.1) is 0 Å². The molecule has 39 heavy (non-hydrogen) atoms. The van der Waals surface area contributed by atoms with Crippen molar-refractivity contribution in [3.63, 3.8) is 0 Å². The van der Waals surface area contributed by atoms with Crippen LogP contribution in [0.5, 0.6) is 5.75 Å². The second-order valence-corrected chi connectivity index (χ2v) is 9.33. The second kappa shape index (κ2) is 12.4. The minimum atomic E-state index is -1.73. The van der Waals surface area contributed by atoms with E-state index < -0.39 is 86.5 Å². The van der Waals surface area contributed by atoms with Crippen LogP contribution in [0.4, 0.5) is 0 Å². The third-order valence-electron chi connectivity index (χ3n) is 6.85. The monoisotopic (exact) mass is 550 g/mol. The number of hydrogen-bond donors (Lipinski definition) is 7. The number of benzene rings is 1. The van der Waals surface area contributed by atoms with Gasteiger partial charge in [0.15, 0.2) is 12.1 Å². The maximum absolute atomic E-state index is 12.4. The normalized spacial score (nSPS) is 34.2. The molecule has 7 N–H and O–H groups in total. The third kappa shape index (κ3) is 6.21. The first-order chi connectivity index (χ1) is 18.6. The quantitative estimate of drug-likeness (QED) is 0.133. The first-order valence-electron chi connectivity index (χ1n) is 12.1. The number of carboxylic acids is 1. The van der Waals surface area contributed by atoms with Crippen LogP contribution in [0, 0.1) is 11.8 Å². The number of ether oxygens (including phenoxy) is 4. The fourth-order valence-corrected chi connectivity index (χ4v) is 4.81. The van der Waals surface area contributed by atoms with Crippen molar-refractivity contribution < 1.29 is 64.3 Å². The van der Waals surface area contributed by atoms with Gasteiger partial charge in [0, 0.05) is 5.92 Å². The molecule has 2 aliphatic heterocycles. The average Bonchev–Trinajstić information content (AvgIpc) is 3.30. The van der Waals surface area contributed by atoms with Crippen LogP contribution in [0.2, 0.25) is 0 Å². The number of aliphatic hydroxyl groups is 5. The second-order valence-electron chi connectivity index (χ2n) is 9.33. The number of aliphatic carboxylic acids is 1. The predicted molar refractivity (Wildman–Crippen MR) is 129 cm³/mol. The minimum Gasteiger partial charge on any atom is -0.508 e. The Morgan fingerprint density at radius 1 is 0.974 bits per heavy atom. The molecule has 4 rings (SSSR count). The number of phenols is 1. The molecule has 0 radical (unpaired) electrons. The van der Waals surface area contributed by atoms with E-state index in [-0.39, 0.29) is 11.3 Å². The van der Waals surface area contributed by atoms with E-state index in [1.54, 1.807) is 12.1 Å². The van der Waals surface area contributed by atoms with Gasteiger partial charge in [0.05, 0.1) is 37.1 Å². The molecule has 0 saturated carbocycles. The summed E-state index contributed by atoms with van der Waals surface area (Å²) in [6.07, 6.45) is -4.94. The highest BCUT2D eigenvalue weighted by Gasteiger charge is 2.52. The topological polar surface area (TPSA) is 213 Å². The Hall–Kier alpha value is -3.14. The number of aliphatic hydroxyl groups excluding tert-OH is 5. The lowest BCUT2D eigenvalue weighted by atomic mass is 9.82. The fourth-order valence-electron chi connectivity index (χ4n) is 4.81. The van der Waals surface area contributed by atoms with Crippen LogP contribution in [0.3, 0.4) is 0 Å². The van der Waals surface area contributed by atoms with E-state index in [0.29, 0.717) is 11.1 Å². The van der Waals surface area contributed by atoms with E-state index >= 15 is 0 Å². The Labute approximate surface area is 222 Å². The van der Waals surface area contributed by atoms with Crippen LogP contribution >= 0.6 is 0 Å². The number of rotatable bonds is 10. The molecular formula is C26H30O13. The van der Waals surface area contributed by atoms with Crippen LogP contribution in [0.25, 0.3) is 6.08 Å². The predicted octanol–water partition coefficient (Wildman–Crippen LogP) is -1.33. The lowest BCUT2D eigenvalue weighted by Gasteiger charge is -2.43. The summed E-state index contributed by atoms with van der Waals surface area (Å²) in [5.74, 6) is -3.56. The summed E-state index contributed by atoms with van der Waals surface area (Å²) in [7, 11) is 0. The summed E-state index contributed by atoms with van der Waals surface area (Å²) in [6.45, 7) is -1.62. The Morgan fingerprint density at radius 3 is 2.33 bits per heavy atom. The van der Waals surface area contributed by atoms with Crippen LogP contribution in [-0.2, 0) is 28.5 Å². The van der Waals surface area contributed by atoms with E-state index in [0.717, 1.165) is 6.26 Å². The van der Waals surface area contributed by atoms with Crippen molar-refractivity contribution in [2.75, 3.05) is 19.8 Å². The number of hydrogen-bond acceptors (Lipinski definition) is 12. The lowest BCUT2D eigenvalue weighted by molar-refractivity contribution is -0.340. The molecule has 0 amide bonds. The number of phenolic OH excluding ortho intramolecular Hbond substituents is 1. The Kier molecular flexibility index (Phi) is 9.15. The number of ketones is 1. The highest BCUT2D eigenvalue weighted by atomic mass is 16.8. The van der Waals surface area contributed by atoms with Gasteiger partial charge in [-0.3, -0.25) is 4.79 Å². The van der Waals surface area contributed by atoms with Gasteiger partial charge < -0.3 is 54.7 Å². The molecule has 13 nitrogen and oxygen atoms in total. The first-order valence-corrected chi connectivity index (χ1v) is 12.1. The van der Waals surface area contributed by atoms with Crippen molar-refractivity contribution >= 4 is 17.8 Å². The summed E-state index contributed by atoms with van der Waals surface area (Å²) >= 11 is 0. The SMILES string of the molecule is O=C(C=Cc1ccc(O)cc1)CO[C@H]1C=C(CO)[C@@H]2[C@H](O[C@H]3O[C@@H](CO)[C@H](O)[C@H](O)[C@@H]3O)OC=C(C(=O)O)[C@@H]21. The zero-order valence-corrected chi connectivity index (χ0v) is 20.5. The van der Waals surface area contributed by atoms with Crippen molar-refractivity contribution in [2.24, 2.45) is 11.8 Å². The summed E-state index contributed by atoms with van der Waals surface area (Å²) in [4.78, 5) is 24.4. The van der Waals surface area contributed by atoms with Gasteiger partial charge in [0.25, 0.3) is 0 Å². The molecule has 13 heteroatoms. The molecule has 1 saturated heterocycles. The standard InChI is InChI=1S/C26H30O13/c27-8-13-7-17(36-10-15(30)6-3-12-1-4-14(29)5-2-12)20-16(24(34)35)11-37-25(19(13)20)39-26-23(33)22(32)21(31)18(9-28)38-26/h1-7,11,17-23,25-29,31-33H,8-10H2,(H,34,35)/t17-,18-,19-,20+,21-,22-,23-,25-,26+/m0/s1. The molecule has 1 aliphatic carbocycles.